The summed E-state index contributed by atoms with van der Waals surface area (Å²) in [5.41, 5.74) is 3.67. The molecule has 4 aromatic heterocycles. The van der Waals surface area contributed by atoms with Gasteiger partial charge in [-0.1, -0.05) is 20.3 Å². The molecule has 0 N–H and O–H groups in total. The summed E-state index contributed by atoms with van der Waals surface area (Å²) in [6.07, 6.45) is 6.67. The SMILES string of the molecule is CCCc1c2cc(-c3ccc(C=C(C#N)C#N)s3)sc2c(CC)c2cc(-c3ccc(C=C(C)C#N)s3)sc12. The normalized spacial score (nSPS) is 11.4. The molecule has 4 heterocycles. The summed E-state index contributed by atoms with van der Waals surface area (Å²) in [6, 6.07) is 19.2. The van der Waals surface area contributed by atoms with E-state index in [-0.39, 0.29) is 5.57 Å². The predicted octanol–water partition coefficient (Wildman–Crippen LogP) is 10.4. The van der Waals surface area contributed by atoms with Gasteiger partial charge < -0.3 is 0 Å². The lowest BCUT2D eigenvalue weighted by Crippen LogP contribution is -1.89. The highest BCUT2D eigenvalue weighted by Crippen LogP contribution is 2.48. The molecule has 3 nitrogen and oxygen atoms in total. The zero-order valence-electron chi connectivity index (χ0n) is 21.2. The Morgan fingerprint density at radius 3 is 1.79 bits per heavy atom. The summed E-state index contributed by atoms with van der Waals surface area (Å²) in [7, 11) is 0. The number of hydrogen-bond donors (Lipinski definition) is 0. The van der Waals surface area contributed by atoms with E-state index >= 15 is 0 Å². The van der Waals surface area contributed by atoms with E-state index in [1.807, 2.05) is 53.9 Å². The highest BCUT2D eigenvalue weighted by Gasteiger charge is 2.20. The maximum Gasteiger partial charge on any atom is 0.131 e. The molecule has 38 heavy (non-hydrogen) atoms. The van der Waals surface area contributed by atoms with Gasteiger partial charge in [0.1, 0.15) is 17.7 Å². The molecule has 0 saturated carbocycles. The summed E-state index contributed by atoms with van der Waals surface area (Å²) in [6.45, 7) is 6.32. The first-order valence-electron chi connectivity index (χ1n) is 12.3. The van der Waals surface area contributed by atoms with Crippen LogP contribution < -0.4 is 0 Å². The van der Waals surface area contributed by atoms with Crippen molar-refractivity contribution in [2.45, 2.75) is 40.0 Å². The largest absolute Gasteiger partial charge is 0.193 e. The van der Waals surface area contributed by atoms with Crippen LogP contribution >= 0.6 is 45.3 Å². The van der Waals surface area contributed by atoms with Crippen LogP contribution in [0.3, 0.4) is 0 Å². The highest BCUT2D eigenvalue weighted by molar-refractivity contribution is 7.28. The third-order valence-electron chi connectivity index (χ3n) is 6.32. The fourth-order valence-electron chi connectivity index (χ4n) is 4.62. The first-order chi connectivity index (χ1) is 18.5. The smallest absolute Gasteiger partial charge is 0.131 e. The second-order valence-corrected chi connectivity index (χ2v) is 13.2. The van der Waals surface area contributed by atoms with Crippen molar-refractivity contribution in [2.75, 3.05) is 0 Å². The molecule has 186 valence electrons. The quantitative estimate of drug-likeness (QED) is 0.184. The van der Waals surface area contributed by atoms with Crippen molar-refractivity contribution >= 4 is 77.7 Å². The first-order valence-corrected chi connectivity index (χ1v) is 15.6. The minimum absolute atomic E-state index is 0.123. The van der Waals surface area contributed by atoms with E-state index in [4.69, 9.17) is 15.8 Å². The molecule has 5 aromatic rings. The summed E-state index contributed by atoms with van der Waals surface area (Å²) in [4.78, 5) is 6.93. The third kappa shape index (κ3) is 4.85. The molecule has 0 saturated heterocycles. The van der Waals surface area contributed by atoms with Crippen LogP contribution in [0.1, 0.15) is 48.1 Å². The number of nitrogens with zero attached hydrogens (tertiary/aromatic N) is 3. The van der Waals surface area contributed by atoms with Crippen LogP contribution in [0.15, 0.2) is 47.5 Å². The Bertz CT molecular complexity index is 1850. The maximum atomic E-state index is 9.14. The molecule has 0 bridgehead atoms. The predicted molar refractivity (Wildman–Crippen MR) is 166 cm³/mol. The summed E-state index contributed by atoms with van der Waals surface area (Å²) in [5, 5.41) is 30.1. The molecule has 0 aliphatic rings. The summed E-state index contributed by atoms with van der Waals surface area (Å²) >= 11 is 7.08. The van der Waals surface area contributed by atoms with Gasteiger partial charge >= 0.3 is 0 Å². The molecule has 1 aromatic carbocycles. The van der Waals surface area contributed by atoms with Crippen LogP contribution in [0.5, 0.6) is 0 Å². The van der Waals surface area contributed by atoms with Gasteiger partial charge in [-0.2, -0.15) is 15.8 Å². The topological polar surface area (TPSA) is 71.4 Å². The highest BCUT2D eigenvalue weighted by atomic mass is 32.1. The van der Waals surface area contributed by atoms with E-state index in [0.29, 0.717) is 5.57 Å². The van der Waals surface area contributed by atoms with Gasteiger partial charge in [0.2, 0.25) is 0 Å². The number of allylic oxidation sites excluding steroid dienone is 2. The van der Waals surface area contributed by atoms with Gasteiger partial charge in [0.05, 0.1) is 6.07 Å². The number of nitriles is 3. The van der Waals surface area contributed by atoms with Gasteiger partial charge in [-0.15, -0.1) is 45.3 Å². The van der Waals surface area contributed by atoms with E-state index in [1.54, 1.807) is 28.7 Å². The van der Waals surface area contributed by atoms with Crippen molar-refractivity contribution in [3.05, 3.63) is 68.4 Å². The zero-order chi connectivity index (χ0) is 26.8. The van der Waals surface area contributed by atoms with Crippen molar-refractivity contribution < 1.29 is 0 Å². The summed E-state index contributed by atoms with van der Waals surface area (Å²) < 4.78 is 2.75. The lowest BCUT2D eigenvalue weighted by Gasteiger charge is -2.09. The van der Waals surface area contributed by atoms with Gasteiger partial charge in [0.25, 0.3) is 0 Å². The third-order valence-corrected chi connectivity index (χ3v) is 11.2. The molecule has 0 spiro atoms. The number of benzene rings is 1. The van der Waals surface area contributed by atoms with Gasteiger partial charge in [0, 0.05) is 44.2 Å². The van der Waals surface area contributed by atoms with Crippen molar-refractivity contribution in [1.82, 2.24) is 0 Å². The van der Waals surface area contributed by atoms with E-state index in [2.05, 4.69) is 50.2 Å². The minimum atomic E-state index is 0.123. The van der Waals surface area contributed by atoms with E-state index in [0.717, 1.165) is 33.9 Å². The van der Waals surface area contributed by atoms with Crippen LogP contribution in [-0.2, 0) is 12.8 Å². The van der Waals surface area contributed by atoms with Crippen LogP contribution in [0, 0.1) is 34.0 Å². The summed E-state index contributed by atoms with van der Waals surface area (Å²) in [5.74, 6) is 0. The van der Waals surface area contributed by atoms with Crippen LogP contribution in [-0.4, -0.2) is 0 Å². The van der Waals surface area contributed by atoms with E-state index < -0.39 is 0 Å². The van der Waals surface area contributed by atoms with E-state index in [1.165, 1.54) is 45.9 Å². The van der Waals surface area contributed by atoms with E-state index in [9.17, 15) is 0 Å². The molecule has 5 rings (SSSR count). The number of fused-ring (bicyclic) bond motifs is 2. The number of rotatable bonds is 7. The standard InChI is InChI=1S/C31H23N3S4/c1-4-6-23-25-14-29(27-10-8-21(36-27)12-19(16-33)17-34)37-30(25)22(5-2)24-13-28(38-31(23)24)26-9-7-20(35-26)11-18(3)15-32/h7-14H,4-6H2,1-3H3. The van der Waals surface area contributed by atoms with Crippen LogP contribution in [0.25, 0.3) is 51.8 Å². The molecule has 0 unspecified atom stereocenters. The maximum absolute atomic E-state index is 9.14. The lowest BCUT2D eigenvalue weighted by atomic mass is 9.97. The van der Waals surface area contributed by atoms with Gasteiger partial charge in [-0.25, -0.2) is 0 Å². The van der Waals surface area contributed by atoms with Crippen LogP contribution in [0.2, 0.25) is 0 Å². The van der Waals surface area contributed by atoms with Crippen molar-refractivity contribution in [3.63, 3.8) is 0 Å². The van der Waals surface area contributed by atoms with Crippen molar-refractivity contribution in [1.29, 1.82) is 15.8 Å². The molecule has 0 aliphatic heterocycles. The molecular formula is C31H23N3S4. The Labute approximate surface area is 238 Å². The van der Waals surface area contributed by atoms with Gasteiger partial charge in [-0.05, 0) is 90.2 Å². The number of thiophene rings is 4. The molecule has 7 heteroatoms. The Morgan fingerprint density at radius 2 is 1.26 bits per heavy atom. The number of aryl methyl sites for hydroxylation is 2. The molecule has 0 radical (unpaired) electrons. The first kappa shape index (κ1) is 26.1. The number of hydrogen-bond acceptors (Lipinski definition) is 7. The lowest BCUT2D eigenvalue weighted by molar-refractivity contribution is 0.938. The fraction of sp³-hybridized carbons (Fsp3) is 0.194. The zero-order valence-corrected chi connectivity index (χ0v) is 24.5. The molecule has 0 fully saturated rings. The Hall–Kier alpha value is -3.51. The second kappa shape index (κ2) is 11.1. The fourth-order valence-corrected chi connectivity index (χ4v) is 9.33. The minimum Gasteiger partial charge on any atom is -0.193 e. The van der Waals surface area contributed by atoms with Gasteiger partial charge in [0.15, 0.2) is 0 Å². The van der Waals surface area contributed by atoms with Gasteiger partial charge in [-0.3, -0.25) is 0 Å². The Kier molecular flexibility index (Phi) is 7.61. The Balaban J connectivity index is 1.65. The molecule has 0 amide bonds. The van der Waals surface area contributed by atoms with Crippen LogP contribution in [0.4, 0.5) is 0 Å². The molecule has 0 aliphatic carbocycles. The average molecular weight is 566 g/mol. The van der Waals surface area contributed by atoms with Crippen molar-refractivity contribution in [2.24, 2.45) is 0 Å². The Morgan fingerprint density at radius 1 is 0.711 bits per heavy atom. The average Bonchev–Trinajstić information content (AvgIpc) is 3.72. The monoisotopic (exact) mass is 565 g/mol. The second-order valence-electron chi connectivity index (χ2n) is 8.89. The molecular weight excluding hydrogens is 543 g/mol. The molecule has 0 atom stereocenters. The van der Waals surface area contributed by atoms with Crippen molar-refractivity contribution in [3.8, 4) is 37.7 Å².